The van der Waals surface area contributed by atoms with E-state index in [2.05, 4.69) is 15.6 Å². The molecular weight excluding hydrogens is 311 g/mol. The molecule has 1 aromatic heterocycles. The molecule has 2 aromatic rings. The maximum atomic E-state index is 14.0. The molecule has 0 fully saturated rings. The summed E-state index contributed by atoms with van der Waals surface area (Å²) < 4.78 is 18.8. The van der Waals surface area contributed by atoms with Gasteiger partial charge in [0.05, 0.1) is 12.3 Å². The predicted octanol–water partition coefficient (Wildman–Crippen LogP) is 3.60. The van der Waals surface area contributed by atoms with Crippen molar-refractivity contribution in [1.82, 2.24) is 4.98 Å². The first kappa shape index (κ1) is 17.5. The number of aryl methyl sites for hydroxylation is 2. The summed E-state index contributed by atoms with van der Waals surface area (Å²) in [7, 11) is 0. The lowest BCUT2D eigenvalue weighted by Gasteiger charge is -2.12. The molecule has 6 nitrogen and oxygen atoms in total. The fourth-order valence-corrected chi connectivity index (χ4v) is 2.30. The van der Waals surface area contributed by atoms with Crippen LogP contribution in [0.1, 0.15) is 23.6 Å². The van der Waals surface area contributed by atoms with E-state index < -0.39 is 6.09 Å². The Balaban J connectivity index is 2.06. The monoisotopic (exact) mass is 332 g/mol. The highest BCUT2D eigenvalue weighted by atomic mass is 19.1. The summed E-state index contributed by atoms with van der Waals surface area (Å²) in [5.41, 5.74) is 8.50. The van der Waals surface area contributed by atoms with Gasteiger partial charge in [0.15, 0.2) is 0 Å². The first-order valence-electron chi connectivity index (χ1n) is 7.60. The van der Waals surface area contributed by atoms with Crippen molar-refractivity contribution >= 4 is 23.4 Å². The van der Waals surface area contributed by atoms with Gasteiger partial charge in [0.25, 0.3) is 0 Å². The smallest absolute Gasteiger partial charge is 0.411 e. The van der Waals surface area contributed by atoms with Gasteiger partial charge in [-0.25, -0.2) is 14.2 Å². The Morgan fingerprint density at radius 1 is 1.33 bits per heavy atom. The quantitative estimate of drug-likeness (QED) is 0.778. The van der Waals surface area contributed by atoms with Crippen LogP contribution in [0.2, 0.25) is 0 Å². The van der Waals surface area contributed by atoms with E-state index >= 15 is 0 Å². The van der Waals surface area contributed by atoms with E-state index in [0.29, 0.717) is 17.1 Å². The summed E-state index contributed by atoms with van der Waals surface area (Å²) in [6.07, 6.45) is -0.593. The number of carbonyl (C=O) groups is 1. The molecule has 1 aromatic carbocycles. The molecule has 0 bridgehead atoms. The number of nitrogens with two attached hydrogens (primary N) is 1. The molecule has 7 heteroatoms. The van der Waals surface area contributed by atoms with Gasteiger partial charge >= 0.3 is 6.09 Å². The normalized spacial score (nSPS) is 10.3. The first-order chi connectivity index (χ1) is 11.4. The minimum Gasteiger partial charge on any atom is -0.450 e. The van der Waals surface area contributed by atoms with Gasteiger partial charge < -0.3 is 15.8 Å². The van der Waals surface area contributed by atoms with Gasteiger partial charge in [0.1, 0.15) is 17.5 Å². The van der Waals surface area contributed by atoms with Crippen LogP contribution in [0.15, 0.2) is 24.3 Å². The number of pyridine rings is 1. The molecule has 128 valence electrons. The fourth-order valence-electron chi connectivity index (χ4n) is 2.30. The molecule has 0 aliphatic heterocycles. The Labute approximate surface area is 140 Å². The zero-order valence-corrected chi connectivity index (χ0v) is 13.9. The number of anilines is 3. The van der Waals surface area contributed by atoms with E-state index in [4.69, 9.17) is 10.5 Å². The van der Waals surface area contributed by atoms with Crippen LogP contribution in [0, 0.1) is 19.7 Å². The van der Waals surface area contributed by atoms with Crippen molar-refractivity contribution in [2.45, 2.75) is 27.3 Å². The van der Waals surface area contributed by atoms with Crippen molar-refractivity contribution in [3.63, 3.8) is 0 Å². The number of carbonyl (C=O) groups excluding carboxylic acids is 1. The highest BCUT2D eigenvalue weighted by Crippen LogP contribution is 2.21. The Bertz CT molecular complexity index is 726. The third-order valence-corrected chi connectivity index (χ3v) is 3.45. The van der Waals surface area contributed by atoms with Crippen molar-refractivity contribution in [2.75, 3.05) is 23.0 Å². The summed E-state index contributed by atoms with van der Waals surface area (Å²) in [6, 6.07) is 6.69. The summed E-state index contributed by atoms with van der Waals surface area (Å²) in [5, 5.41) is 5.53. The van der Waals surface area contributed by atoms with Crippen LogP contribution in [0.3, 0.4) is 0 Å². The summed E-state index contributed by atoms with van der Waals surface area (Å²) in [6.45, 7) is 5.97. The average Bonchev–Trinajstić information content (AvgIpc) is 2.49. The zero-order valence-electron chi connectivity index (χ0n) is 13.9. The third kappa shape index (κ3) is 4.34. The molecule has 0 aliphatic rings. The van der Waals surface area contributed by atoms with Gasteiger partial charge in [-0.15, -0.1) is 0 Å². The molecule has 0 unspecified atom stereocenters. The molecule has 0 spiro atoms. The maximum absolute atomic E-state index is 14.0. The molecular formula is C17H21FN4O2. The molecule has 4 N–H and O–H groups in total. The van der Waals surface area contributed by atoms with Gasteiger partial charge in [-0.05, 0) is 50.1 Å². The first-order valence-corrected chi connectivity index (χ1v) is 7.60. The lowest BCUT2D eigenvalue weighted by molar-refractivity contribution is 0.168. The standard InChI is InChI=1S/C17H21FN4O2/c1-4-24-17(23)21-14-5-6-15(22-16(14)19)20-9-12-11(3)7-10(2)8-13(12)18/h5-8H,4,9H2,1-3H3,(H,21,23)(H3,19,20,22). The highest BCUT2D eigenvalue weighted by molar-refractivity contribution is 5.88. The average molecular weight is 332 g/mol. The van der Waals surface area contributed by atoms with Crippen LogP contribution >= 0.6 is 0 Å². The Morgan fingerprint density at radius 3 is 2.71 bits per heavy atom. The van der Waals surface area contributed by atoms with Gasteiger partial charge in [0, 0.05) is 12.1 Å². The second-order valence-corrected chi connectivity index (χ2v) is 5.37. The molecule has 0 radical (unpaired) electrons. The SMILES string of the molecule is CCOC(=O)Nc1ccc(NCc2c(C)cc(C)cc2F)nc1N. The molecule has 0 saturated carbocycles. The van der Waals surface area contributed by atoms with Gasteiger partial charge in [-0.3, -0.25) is 5.32 Å². The number of amides is 1. The van der Waals surface area contributed by atoms with Crippen molar-refractivity contribution in [1.29, 1.82) is 0 Å². The van der Waals surface area contributed by atoms with E-state index in [1.54, 1.807) is 19.1 Å². The largest absolute Gasteiger partial charge is 0.450 e. The van der Waals surface area contributed by atoms with Gasteiger partial charge in [-0.2, -0.15) is 0 Å². The lowest BCUT2D eigenvalue weighted by Crippen LogP contribution is -2.15. The number of hydrogen-bond acceptors (Lipinski definition) is 5. The molecule has 1 heterocycles. The Hall–Kier alpha value is -2.83. The predicted molar refractivity (Wildman–Crippen MR) is 92.5 cm³/mol. The van der Waals surface area contributed by atoms with E-state index in [0.717, 1.165) is 11.1 Å². The van der Waals surface area contributed by atoms with Gasteiger partial charge in [0.2, 0.25) is 0 Å². The molecule has 0 saturated heterocycles. The van der Waals surface area contributed by atoms with Gasteiger partial charge in [-0.1, -0.05) is 6.07 Å². The van der Waals surface area contributed by atoms with Crippen LogP contribution in [-0.2, 0) is 11.3 Å². The second kappa shape index (κ2) is 7.63. The lowest BCUT2D eigenvalue weighted by atomic mass is 10.0. The van der Waals surface area contributed by atoms with E-state index in [9.17, 15) is 9.18 Å². The number of aromatic nitrogens is 1. The second-order valence-electron chi connectivity index (χ2n) is 5.37. The number of rotatable bonds is 5. The van der Waals surface area contributed by atoms with Crippen molar-refractivity contribution < 1.29 is 13.9 Å². The van der Waals surface area contributed by atoms with Crippen LogP contribution in [-0.4, -0.2) is 17.7 Å². The maximum Gasteiger partial charge on any atom is 0.411 e. The fraction of sp³-hybridized carbons (Fsp3) is 0.294. The van der Waals surface area contributed by atoms with E-state index in [-0.39, 0.29) is 24.8 Å². The Kier molecular flexibility index (Phi) is 5.57. The molecule has 24 heavy (non-hydrogen) atoms. The van der Waals surface area contributed by atoms with Crippen LogP contribution in [0.4, 0.5) is 26.5 Å². The minimum absolute atomic E-state index is 0.147. The zero-order chi connectivity index (χ0) is 17.7. The van der Waals surface area contributed by atoms with Crippen molar-refractivity contribution in [3.8, 4) is 0 Å². The number of ether oxygens (including phenoxy) is 1. The van der Waals surface area contributed by atoms with Crippen LogP contribution in [0.25, 0.3) is 0 Å². The number of nitrogen functional groups attached to an aromatic ring is 1. The van der Waals surface area contributed by atoms with E-state index in [1.165, 1.54) is 6.07 Å². The minimum atomic E-state index is -0.593. The molecule has 1 amide bonds. The number of hydrogen-bond donors (Lipinski definition) is 3. The van der Waals surface area contributed by atoms with Crippen molar-refractivity contribution in [2.24, 2.45) is 0 Å². The topological polar surface area (TPSA) is 89.3 Å². The third-order valence-electron chi connectivity index (χ3n) is 3.45. The number of nitrogens with one attached hydrogen (secondary N) is 2. The molecule has 0 atom stereocenters. The number of benzene rings is 1. The van der Waals surface area contributed by atoms with E-state index in [1.807, 2.05) is 19.9 Å². The molecule has 2 rings (SSSR count). The van der Waals surface area contributed by atoms with Crippen LogP contribution in [0.5, 0.6) is 0 Å². The number of halogens is 1. The summed E-state index contributed by atoms with van der Waals surface area (Å²) in [5.74, 6) is 0.379. The molecule has 0 aliphatic carbocycles. The number of nitrogens with zero attached hydrogens (tertiary/aromatic N) is 1. The summed E-state index contributed by atoms with van der Waals surface area (Å²) in [4.78, 5) is 15.5. The highest BCUT2D eigenvalue weighted by Gasteiger charge is 2.10. The Morgan fingerprint density at radius 2 is 2.08 bits per heavy atom. The van der Waals surface area contributed by atoms with Crippen LogP contribution < -0.4 is 16.4 Å². The summed E-state index contributed by atoms with van der Waals surface area (Å²) >= 11 is 0. The van der Waals surface area contributed by atoms with Crippen molar-refractivity contribution in [3.05, 3.63) is 46.8 Å².